The van der Waals surface area contributed by atoms with Crippen molar-refractivity contribution in [3.05, 3.63) is 42.5 Å². The maximum atomic E-state index is 11.1. The van der Waals surface area contributed by atoms with E-state index < -0.39 is 0 Å². The van der Waals surface area contributed by atoms with Crippen LogP contribution in [-0.2, 0) is 9.53 Å². The van der Waals surface area contributed by atoms with Crippen molar-refractivity contribution in [2.75, 3.05) is 13.2 Å². The molecule has 80 valence electrons. The lowest BCUT2D eigenvalue weighted by Gasteiger charge is -2.04. The minimum absolute atomic E-state index is 0.0540. The summed E-state index contributed by atoms with van der Waals surface area (Å²) in [6.07, 6.45) is 3.59. The molecule has 3 nitrogen and oxygen atoms in total. The number of benzene rings is 1. The summed E-state index contributed by atoms with van der Waals surface area (Å²) in [6, 6.07) is 9.16. The van der Waals surface area contributed by atoms with E-state index in [2.05, 4.69) is 0 Å². The number of hydrogen-bond donors (Lipinski definition) is 0. The van der Waals surface area contributed by atoms with E-state index in [4.69, 9.17) is 9.47 Å². The lowest BCUT2D eigenvalue weighted by atomic mass is 10.3. The molecule has 15 heavy (non-hydrogen) atoms. The Morgan fingerprint density at radius 2 is 2.07 bits per heavy atom. The smallest absolute Gasteiger partial charge is 0.344 e. The summed E-state index contributed by atoms with van der Waals surface area (Å²) < 4.78 is 10.1. The Kier molecular flexibility index (Phi) is 5.01. The molecule has 0 amide bonds. The van der Waals surface area contributed by atoms with Crippen LogP contribution in [0, 0.1) is 0 Å². The summed E-state index contributed by atoms with van der Waals surface area (Å²) in [7, 11) is 0. The molecule has 0 aliphatic rings. The number of carbonyl (C=O) groups excluding carboxylic acids is 1. The van der Waals surface area contributed by atoms with Crippen LogP contribution in [0.15, 0.2) is 42.5 Å². The molecule has 0 unspecified atom stereocenters. The van der Waals surface area contributed by atoms with Crippen LogP contribution < -0.4 is 4.74 Å². The van der Waals surface area contributed by atoms with E-state index >= 15 is 0 Å². The van der Waals surface area contributed by atoms with Crippen LogP contribution >= 0.6 is 0 Å². The minimum atomic E-state index is -0.364. The Bertz CT molecular complexity index is 317. The van der Waals surface area contributed by atoms with Crippen LogP contribution in [0.25, 0.3) is 0 Å². The summed E-state index contributed by atoms with van der Waals surface area (Å²) in [5.41, 5.74) is 0. The summed E-state index contributed by atoms with van der Waals surface area (Å²) in [5, 5.41) is 0. The monoisotopic (exact) mass is 206 g/mol. The van der Waals surface area contributed by atoms with Gasteiger partial charge in [0.05, 0.1) is 0 Å². The van der Waals surface area contributed by atoms with Crippen molar-refractivity contribution in [3.63, 3.8) is 0 Å². The van der Waals surface area contributed by atoms with Gasteiger partial charge < -0.3 is 9.47 Å². The van der Waals surface area contributed by atoms with Gasteiger partial charge in [0.25, 0.3) is 0 Å². The van der Waals surface area contributed by atoms with E-state index in [1.807, 2.05) is 31.2 Å². The molecule has 0 saturated heterocycles. The molecule has 3 heteroatoms. The van der Waals surface area contributed by atoms with E-state index in [1.54, 1.807) is 18.2 Å². The molecule has 1 rings (SSSR count). The molecular weight excluding hydrogens is 192 g/mol. The molecule has 1 aromatic carbocycles. The number of allylic oxidation sites excluding steroid dienone is 1. The van der Waals surface area contributed by atoms with Crippen molar-refractivity contribution in [1.29, 1.82) is 0 Å². The molecule has 1 aromatic rings. The van der Waals surface area contributed by atoms with E-state index in [0.29, 0.717) is 12.4 Å². The van der Waals surface area contributed by atoms with Gasteiger partial charge in [0.2, 0.25) is 0 Å². The summed E-state index contributed by atoms with van der Waals surface area (Å²) in [6.45, 7) is 2.11. The third kappa shape index (κ3) is 4.86. The van der Waals surface area contributed by atoms with Crippen molar-refractivity contribution >= 4 is 5.97 Å². The highest BCUT2D eigenvalue weighted by molar-refractivity contribution is 5.71. The van der Waals surface area contributed by atoms with Crippen LogP contribution in [0.2, 0.25) is 0 Å². The van der Waals surface area contributed by atoms with Gasteiger partial charge in [-0.1, -0.05) is 30.4 Å². The number of hydrogen-bond acceptors (Lipinski definition) is 3. The summed E-state index contributed by atoms with van der Waals surface area (Å²) in [5.74, 6) is 0.303. The van der Waals surface area contributed by atoms with E-state index in [0.717, 1.165) is 0 Å². The maximum absolute atomic E-state index is 11.1. The van der Waals surface area contributed by atoms with Crippen LogP contribution in [0.5, 0.6) is 5.75 Å². The topological polar surface area (TPSA) is 35.5 Å². The lowest BCUT2D eigenvalue weighted by molar-refractivity contribution is -0.144. The average Bonchev–Trinajstić information content (AvgIpc) is 2.28. The third-order valence-corrected chi connectivity index (χ3v) is 1.68. The number of rotatable bonds is 5. The first-order valence-electron chi connectivity index (χ1n) is 4.77. The largest absolute Gasteiger partial charge is 0.482 e. The molecule has 0 aliphatic carbocycles. The number of para-hydroxylation sites is 1. The van der Waals surface area contributed by atoms with Gasteiger partial charge in [0.1, 0.15) is 12.4 Å². The highest BCUT2D eigenvalue weighted by atomic mass is 16.6. The Labute approximate surface area is 89.3 Å². The van der Waals surface area contributed by atoms with E-state index in [9.17, 15) is 4.79 Å². The van der Waals surface area contributed by atoms with Gasteiger partial charge in [-0.2, -0.15) is 0 Å². The van der Waals surface area contributed by atoms with Gasteiger partial charge in [-0.05, 0) is 19.1 Å². The zero-order chi connectivity index (χ0) is 10.9. The van der Waals surface area contributed by atoms with Crippen LogP contribution in [0.3, 0.4) is 0 Å². The fourth-order valence-electron chi connectivity index (χ4n) is 0.938. The first kappa shape index (κ1) is 11.3. The first-order chi connectivity index (χ1) is 7.33. The van der Waals surface area contributed by atoms with Gasteiger partial charge >= 0.3 is 5.97 Å². The number of carbonyl (C=O) groups is 1. The zero-order valence-electron chi connectivity index (χ0n) is 8.68. The average molecular weight is 206 g/mol. The lowest BCUT2D eigenvalue weighted by Crippen LogP contribution is -2.14. The Balaban J connectivity index is 2.23. The molecule has 0 aromatic heterocycles. The van der Waals surface area contributed by atoms with Gasteiger partial charge in [-0.3, -0.25) is 0 Å². The second-order valence-corrected chi connectivity index (χ2v) is 2.85. The first-order valence-corrected chi connectivity index (χ1v) is 4.77. The predicted molar refractivity (Wildman–Crippen MR) is 57.7 cm³/mol. The maximum Gasteiger partial charge on any atom is 0.344 e. The third-order valence-electron chi connectivity index (χ3n) is 1.68. The fraction of sp³-hybridized carbons (Fsp3) is 0.250. The Morgan fingerprint density at radius 3 is 2.73 bits per heavy atom. The van der Waals surface area contributed by atoms with Crippen molar-refractivity contribution in [2.24, 2.45) is 0 Å². The predicted octanol–water partition coefficient (Wildman–Crippen LogP) is 2.18. The van der Waals surface area contributed by atoms with Crippen LogP contribution in [0.1, 0.15) is 6.92 Å². The standard InChI is InChI=1S/C12H14O3/c1-2-3-9-14-12(13)10-15-11-7-5-4-6-8-11/h2-8H,9-10H2,1H3. The highest BCUT2D eigenvalue weighted by Crippen LogP contribution is 2.07. The van der Waals surface area contributed by atoms with Crippen molar-refractivity contribution < 1.29 is 14.3 Å². The van der Waals surface area contributed by atoms with Gasteiger partial charge in [0, 0.05) is 0 Å². The molecule has 0 N–H and O–H groups in total. The molecule has 0 fully saturated rings. The number of esters is 1. The Morgan fingerprint density at radius 1 is 1.33 bits per heavy atom. The molecule has 0 atom stereocenters. The molecule has 0 bridgehead atoms. The van der Waals surface area contributed by atoms with Gasteiger partial charge in [0.15, 0.2) is 6.61 Å². The van der Waals surface area contributed by atoms with Crippen molar-refractivity contribution in [2.45, 2.75) is 6.92 Å². The van der Waals surface area contributed by atoms with Crippen molar-refractivity contribution in [1.82, 2.24) is 0 Å². The van der Waals surface area contributed by atoms with Gasteiger partial charge in [-0.15, -0.1) is 0 Å². The molecule has 0 spiro atoms. The van der Waals surface area contributed by atoms with E-state index in [1.165, 1.54) is 0 Å². The highest BCUT2D eigenvalue weighted by Gasteiger charge is 2.01. The molecule has 0 aliphatic heterocycles. The molecule has 0 saturated carbocycles. The van der Waals surface area contributed by atoms with Crippen molar-refractivity contribution in [3.8, 4) is 5.75 Å². The second kappa shape index (κ2) is 6.65. The summed E-state index contributed by atoms with van der Waals surface area (Å²) >= 11 is 0. The second-order valence-electron chi connectivity index (χ2n) is 2.85. The zero-order valence-corrected chi connectivity index (χ0v) is 8.68. The molecular formula is C12H14O3. The van der Waals surface area contributed by atoms with Crippen LogP contribution in [-0.4, -0.2) is 19.2 Å². The minimum Gasteiger partial charge on any atom is -0.482 e. The normalized spacial score (nSPS) is 10.2. The SMILES string of the molecule is CC=CCOC(=O)COc1ccccc1. The molecule has 0 heterocycles. The van der Waals surface area contributed by atoms with Crippen LogP contribution in [0.4, 0.5) is 0 Å². The Hall–Kier alpha value is -1.77. The van der Waals surface area contributed by atoms with E-state index in [-0.39, 0.29) is 12.6 Å². The van der Waals surface area contributed by atoms with Gasteiger partial charge in [-0.25, -0.2) is 4.79 Å². The fourth-order valence-corrected chi connectivity index (χ4v) is 0.938. The quantitative estimate of drug-likeness (QED) is 0.547. The molecule has 0 radical (unpaired) electrons. The summed E-state index contributed by atoms with van der Waals surface area (Å²) in [4.78, 5) is 11.1. The number of ether oxygens (including phenoxy) is 2.